The van der Waals surface area contributed by atoms with Crippen LogP contribution in [-0.4, -0.2) is 29.6 Å². The SMILES string of the molecule is CC(C)CC(O)OC1CC2CC3C(=O)OC1C3C2. The van der Waals surface area contributed by atoms with Crippen molar-refractivity contribution < 1.29 is 19.4 Å². The maximum atomic E-state index is 11.7. The van der Waals surface area contributed by atoms with Crippen LogP contribution < -0.4 is 0 Å². The van der Waals surface area contributed by atoms with E-state index >= 15 is 0 Å². The summed E-state index contributed by atoms with van der Waals surface area (Å²) in [5, 5.41) is 9.89. The standard InChI is InChI=1S/C14H22O4/c1-7(2)3-12(15)17-11-6-8-4-9-10(5-8)14(16)18-13(9)11/h7-13,15H,3-6H2,1-2H3. The lowest BCUT2D eigenvalue weighted by Crippen LogP contribution is -2.41. The average molecular weight is 254 g/mol. The predicted molar refractivity (Wildman–Crippen MR) is 64.5 cm³/mol. The molecule has 2 aliphatic carbocycles. The first-order chi connectivity index (χ1) is 8.54. The Morgan fingerprint density at radius 3 is 2.89 bits per heavy atom. The Labute approximate surface area is 108 Å². The normalized spacial score (nSPS) is 43.3. The molecule has 3 rings (SSSR count). The minimum atomic E-state index is -0.731. The van der Waals surface area contributed by atoms with Gasteiger partial charge in [0, 0.05) is 12.3 Å². The predicted octanol–water partition coefficient (Wildman–Crippen LogP) is 1.71. The summed E-state index contributed by atoms with van der Waals surface area (Å²) in [5.41, 5.74) is 0. The number of hydrogen-bond donors (Lipinski definition) is 1. The van der Waals surface area contributed by atoms with E-state index in [-0.39, 0.29) is 24.1 Å². The Hall–Kier alpha value is -0.610. The van der Waals surface area contributed by atoms with E-state index in [0.29, 0.717) is 24.2 Å². The van der Waals surface area contributed by atoms with Crippen LogP contribution in [0.3, 0.4) is 0 Å². The molecule has 0 amide bonds. The van der Waals surface area contributed by atoms with Gasteiger partial charge in [-0.1, -0.05) is 13.8 Å². The molecule has 4 nitrogen and oxygen atoms in total. The topological polar surface area (TPSA) is 55.8 Å². The molecule has 1 heterocycles. The number of carbonyl (C=O) groups is 1. The fraction of sp³-hybridized carbons (Fsp3) is 0.929. The number of aliphatic hydroxyl groups excluding tert-OH is 1. The van der Waals surface area contributed by atoms with Gasteiger partial charge in [-0.2, -0.15) is 0 Å². The molecule has 0 aromatic carbocycles. The summed E-state index contributed by atoms with van der Waals surface area (Å²) in [5.74, 6) is 1.39. The number of esters is 1. The highest BCUT2D eigenvalue weighted by molar-refractivity contribution is 5.76. The van der Waals surface area contributed by atoms with Crippen molar-refractivity contribution in [1.82, 2.24) is 0 Å². The molecule has 6 atom stereocenters. The van der Waals surface area contributed by atoms with Gasteiger partial charge in [-0.05, 0) is 31.1 Å². The van der Waals surface area contributed by atoms with Crippen molar-refractivity contribution in [2.24, 2.45) is 23.7 Å². The first-order valence-electron chi connectivity index (χ1n) is 7.08. The molecule has 3 aliphatic rings. The lowest BCUT2D eigenvalue weighted by molar-refractivity contribution is -0.194. The highest BCUT2D eigenvalue weighted by Crippen LogP contribution is 2.52. The second-order valence-electron chi connectivity index (χ2n) is 6.50. The summed E-state index contributed by atoms with van der Waals surface area (Å²) in [6.07, 6.45) is 2.68. The van der Waals surface area contributed by atoms with Crippen LogP contribution in [0.15, 0.2) is 0 Å². The molecule has 4 heteroatoms. The van der Waals surface area contributed by atoms with Gasteiger partial charge in [-0.25, -0.2) is 0 Å². The van der Waals surface area contributed by atoms with Crippen molar-refractivity contribution in [1.29, 1.82) is 0 Å². The number of carbonyl (C=O) groups excluding carboxylic acids is 1. The van der Waals surface area contributed by atoms with Crippen LogP contribution in [0.2, 0.25) is 0 Å². The molecule has 102 valence electrons. The first-order valence-corrected chi connectivity index (χ1v) is 7.08. The molecule has 1 N–H and O–H groups in total. The Balaban J connectivity index is 1.65. The molecule has 18 heavy (non-hydrogen) atoms. The third kappa shape index (κ3) is 2.05. The van der Waals surface area contributed by atoms with Crippen molar-refractivity contribution in [3.05, 3.63) is 0 Å². The van der Waals surface area contributed by atoms with Crippen LogP contribution >= 0.6 is 0 Å². The summed E-state index contributed by atoms with van der Waals surface area (Å²) < 4.78 is 11.2. The van der Waals surface area contributed by atoms with Gasteiger partial charge in [0.2, 0.25) is 0 Å². The van der Waals surface area contributed by atoms with E-state index in [1.54, 1.807) is 0 Å². The molecule has 1 saturated heterocycles. The van der Waals surface area contributed by atoms with Crippen molar-refractivity contribution in [2.75, 3.05) is 0 Å². The second-order valence-corrected chi connectivity index (χ2v) is 6.50. The largest absolute Gasteiger partial charge is 0.459 e. The Morgan fingerprint density at radius 1 is 1.39 bits per heavy atom. The minimum Gasteiger partial charge on any atom is -0.459 e. The van der Waals surface area contributed by atoms with Gasteiger partial charge in [0.15, 0.2) is 6.29 Å². The monoisotopic (exact) mass is 254 g/mol. The average Bonchev–Trinajstić information content (AvgIpc) is 2.74. The van der Waals surface area contributed by atoms with Crippen LogP contribution in [0.1, 0.15) is 39.5 Å². The van der Waals surface area contributed by atoms with Crippen molar-refractivity contribution in [3.63, 3.8) is 0 Å². The lowest BCUT2D eigenvalue weighted by atomic mass is 9.84. The van der Waals surface area contributed by atoms with E-state index in [2.05, 4.69) is 13.8 Å². The van der Waals surface area contributed by atoms with Gasteiger partial charge in [0.1, 0.15) is 6.10 Å². The molecular formula is C14H22O4. The lowest BCUT2D eigenvalue weighted by Gasteiger charge is -2.34. The zero-order chi connectivity index (χ0) is 12.9. The maximum absolute atomic E-state index is 11.7. The van der Waals surface area contributed by atoms with Gasteiger partial charge in [0.25, 0.3) is 0 Å². The number of hydrogen-bond acceptors (Lipinski definition) is 4. The fourth-order valence-electron chi connectivity index (χ4n) is 3.92. The summed E-state index contributed by atoms with van der Waals surface area (Å²) >= 11 is 0. The molecule has 3 fully saturated rings. The zero-order valence-electron chi connectivity index (χ0n) is 11.0. The van der Waals surface area contributed by atoms with Crippen molar-refractivity contribution in [3.8, 4) is 0 Å². The van der Waals surface area contributed by atoms with E-state index in [1.165, 1.54) is 0 Å². The van der Waals surface area contributed by atoms with Gasteiger partial charge in [-0.15, -0.1) is 0 Å². The van der Waals surface area contributed by atoms with Gasteiger partial charge < -0.3 is 14.6 Å². The number of aliphatic hydroxyl groups is 1. The molecule has 0 radical (unpaired) electrons. The molecule has 1 aliphatic heterocycles. The Morgan fingerprint density at radius 2 is 2.17 bits per heavy atom. The van der Waals surface area contributed by atoms with E-state index < -0.39 is 6.29 Å². The van der Waals surface area contributed by atoms with Gasteiger partial charge in [-0.3, -0.25) is 4.79 Å². The summed E-state index contributed by atoms with van der Waals surface area (Å²) in [6.45, 7) is 4.12. The second kappa shape index (κ2) is 4.49. The Kier molecular flexibility index (Phi) is 3.10. The molecule has 6 unspecified atom stereocenters. The van der Waals surface area contributed by atoms with Gasteiger partial charge in [0.05, 0.1) is 12.0 Å². The number of ether oxygens (including phenoxy) is 2. The third-order valence-corrected chi connectivity index (χ3v) is 4.62. The fourth-order valence-corrected chi connectivity index (χ4v) is 3.92. The molecular weight excluding hydrogens is 232 g/mol. The highest BCUT2D eigenvalue weighted by Gasteiger charge is 2.57. The third-order valence-electron chi connectivity index (χ3n) is 4.62. The van der Waals surface area contributed by atoms with Crippen molar-refractivity contribution in [2.45, 2.75) is 58.0 Å². The van der Waals surface area contributed by atoms with Crippen LogP contribution in [0.5, 0.6) is 0 Å². The first kappa shape index (κ1) is 12.4. The van der Waals surface area contributed by atoms with Crippen molar-refractivity contribution >= 4 is 5.97 Å². The van der Waals surface area contributed by atoms with E-state index in [9.17, 15) is 9.90 Å². The molecule has 0 aromatic heterocycles. The van der Waals surface area contributed by atoms with E-state index in [1.807, 2.05) is 0 Å². The molecule has 2 bridgehead atoms. The Bertz CT molecular complexity index is 341. The molecule has 2 saturated carbocycles. The maximum Gasteiger partial charge on any atom is 0.309 e. The smallest absolute Gasteiger partial charge is 0.309 e. The summed E-state index contributed by atoms with van der Waals surface area (Å²) in [6, 6.07) is 0. The van der Waals surface area contributed by atoms with E-state index in [0.717, 1.165) is 19.3 Å². The molecule has 0 aromatic rings. The number of fused-ring (bicyclic) bond motifs is 1. The van der Waals surface area contributed by atoms with Crippen LogP contribution in [0.4, 0.5) is 0 Å². The zero-order valence-corrected chi connectivity index (χ0v) is 11.0. The van der Waals surface area contributed by atoms with Crippen LogP contribution in [-0.2, 0) is 14.3 Å². The van der Waals surface area contributed by atoms with Gasteiger partial charge >= 0.3 is 5.97 Å². The quantitative estimate of drug-likeness (QED) is 0.613. The van der Waals surface area contributed by atoms with Crippen LogP contribution in [0.25, 0.3) is 0 Å². The van der Waals surface area contributed by atoms with Crippen LogP contribution in [0, 0.1) is 23.7 Å². The highest BCUT2D eigenvalue weighted by atomic mass is 16.6. The molecule has 0 spiro atoms. The minimum absolute atomic E-state index is 0.0425. The van der Waals surface area contributed by atoms with E-state index in [4.69, 9.17) is 9.47 Å². The summed E-state index contributed by atoms with van der Waals surface area (Å²) in [4.78, 5) is 11.7. The summed E-state index contributed by atoms with van der Waals surface area (Å²) in [7, 11) is 0. The number of rotatable bonds is 4.